The van der Waals surface area contributed by atoms with Gasteiger partial charge in [-0.05, 0) is 31.4 Å². The lowest BCUT2D eigenvalue weighted by Crippen LogP contribution is -2.32. The molecule has 1 amide bonds. The van der Waals surface area contributed by atoms with E-state index in [2.05, 4.69) is 29.1 Å². The summed E-state index contributed by atoms with van der Waals surface area (Å²) in [5, 5.41) is 3.52. The minimum Gasteiger partial charge on any atom is -0.451 e. The molecule has 0 bridgehead atoms. The Morgan fingerprint density at radius 3 is 2.78 bits per heavy atom. The number of thiazole rings is 1. The van der Waals surface area contributed by atoms with Crippen LogP contribution < -0.4 is 5.32 Å². The third-order valence-corrected chi connectivity index (χ3v) is 5.49. The van der Waals surface area contributed by atoms with Crippen molar-refractivity contribution in [3.8, 4) is 10.7 Å². The monoisotopic (exact) mass is 389 g/mol. The van der Waals surface area contributed by atoms with Crippen molar-refractivity contribution in [2.24, 2.45) is 5.92 Å². The molecule has 0 aliphatic carbocycles. The number of rotatable bonds is 10. The Morgan fingerprint density at radius 2 is 2.11 bits per heavy atom. The summed E-state index contributed by atoms with van der Waals surface area (Å²) < 4.78 is 5.17. The maximum absolute atomic E-state index is 12.3. The second kappa shape index (κ2) is 10.8. The molecule has 6 nitrogen and oxygen atoms in total. The van der Waals surface area contributed by atoms with Gasteiger partial charge in [0.2, 0.25) is 0 Å². The molecular formula is C20H27N3O3S. The maximum atomic E-state index is 12.3. The number of esters is 1. The average Bonchev–Trinajstić information content (AvgIpc) is 3.08. The molecule has 0 fully saturated rings. The SMILES string of the molecule is CCCC[C@@H](CC)CNC(=O)COC(=O)c1sc(-c2ccccn2)nc1C. The van der Waals surface area contributed by atoms with E-state index >= 15 is 0 Å². The van der Waals surface area contributed by atoms with Crippen molar-refractivity contribution >= 4 is 23.2 Å². The Kier molecular flexibility index (Phi) is 8.39. The molecule has 1 atom stereocenters. The number of unbranched alkanes of at least 4 members (excludes halogenated alkanes) is 1. The molecule has 0 radical (unpaired) electrons. The zero-order chi connectivity index (χ0) is 19.6. The fourth-order valence-electron chi connectivity index (χ4n) is 2.63. The lowest BCUT2D eigenvalue weighted by Gasteiger charge is -2.15. The van der Waals surface area contributed by atoms with Gasteiger partial charge in [0, 0.05) is 12.7 Å². The van der Waals surface area contributed by atoms with Crippen molar-refractivity contribution in [3.63, 3.8) is 0 Å². The zero-order valence-corrected chi connectivity index (χ0v) is 17.0. The first kappa shape index (κ1) is 21.0. The van der Waals surface area contributed by atoms with E-state index in [1.54, 1.807) is 13.1 Å². The van der Waals surface area contributed by atoms with Gasteiger partial charge in [0.15, 0.2) is 6.61 Å². The number of pyridine rings is 1. The highest BCUT2D eigenvalue weighted by Crippen LogP contribution is 2.26. The van der Waals surface area contributed by atoms with Gasteiger partial charge >= 0.3 is 5.97 Å². The van der Waals surface area contributed by atoms with Crippen LogP contribution in [0.25, 0.3) is 10.7 Å². The Hall–Kier alpha value is -2.28. The van der Waals surface area contributed by atoms with Gasteiger partial charge in [-0.3, -0.25) is 9.78 Å². The van der Waals surface area contributed by atoms with Crippen LogP contribution >= 0.6 is 11.3 Å². The highest BCUT2D eigenvalue weighted by atomic mass is 32.1. The van der Waals surface area contributed by atoms with E-state index in [0.717, 1.165) is 25.7 Å². The fourth-order valence-corrected chi connectivity index (χ4v) is 3.57. The zero-order valence-electron chi connectivity index (χ0n) is 16.2. The molecule has 0 saturated heterocycles. The average molecular weight is 390 g/mol. The summed E-state index contributed by atoms with van der Waals surface area (Å²) in [6.07, 6.45) is 6.11. The molecule has 1 N–H and O–H groups in total. The first-order valence-electron chi connectivity index (χ1n) is 9.37. The van der Waals surface area contributed by atoms with E-state index in [9.17, 15) is 9.59 Å². The second-order valence-corrected chi connectivity index (χ2v) is 7.44. The Bertz CT molecular complexity index is 746. The minimum atomic E-state index is -0.527. The van der Waals surface area contributed by atoms with Crippen LogP contribution in [-0.4, -0.2) is 35.0 Å². The molecule has 2 aromatic rings. The summed E-state index contributed by atoms with van der Waals surface area (Å²) in [5.74, 6) is -0.333. The maximum Gasteiger partial charge on any atom is 0.350 e. The molecule has 27 heavy (non-hydrogen) atoms. The molecule has 0 saturated carbocycles. The van der Waals surface area contributed by atoms with Crippen molar-refractivity contribution in [3.05, 3.63) is 35.0 Å². The van der Waals surface area contributed by atoms with Crippen LogP contribution in [0.3, 0.4) is 0 Å². The summed E-state index contributed by atoms with van der Waals surface area (Å²) in [5.41, 5.74) is 1.29. The largest absolute Gasteiger partial charge is 0.451 e. The van der Waals surface area contributed by atoms with Gasteiger partial charge in [-0.1, -0.05) is 39.2 Å². The molecule has 0 aliphatic heterocycles. The number of carbonyl (C=O) groups excluding carboxylic acids is 2. The molecular weight excluding hydrogens is 362 g/mol. The number of hydrogen-bond acceptors (Lipinski definition) is 6. The Balaban J connectivity index is 1.85. The van der Waals surface area contributed by atoms with Crippen LogP contribution in [0.2, 0.25) is 0 Å². The van der Waals surface area contributed by atoms with Crippen molar-refractivity contribution in [1.82, 2.24) is 15.3 Å². The molecule has 7 heteroatoms. The van der Waals surface area contributed by atoms with Crippen LogP contribution in [0, 0.1) is 12.8 Å². The first-order valence-corrected chi connectivity index (χ1v) is 10.2. The summed E-state index contributed by atoms with van der Waals surface area (Å²) in [6, 6.07) is 5.53. The Labute approximate surface area is 164 Å². The Morgan fingerprint density at radius 1 is 1.30 bits per heavy atom. The first-order chi connectivity index (χ1) is 13.0. The van der Waals surface area contributed by atoms with Gasteiger partial charge < -0.3 is 10.1 Å². The summed E-state index contributed by atoms with van der Waals surface area (Å²) in [4.78, 5) is 33.3. The van der Waals surface area contributed by atoms with Crippen molar-refractivity contribution in [2.45, 2.75) is 46.5 Å². The van der Waals surface area contributed by atoms with Crippen LogP contribution in [0.4, 0.5) is 0 Å². The van der Waals surface area contributed by atoms with E-state index in [1.807, 2.05) is 18.2 Å². The van der Waals surface area contributed by atoms with E-state index in [0.29, 0.717) is 33.7 Å². The van der Waals surface area contributed by atoms with Crippen LogP contribution in [0.15, 0.2) is 24.4 Å². The van der Waals surface area contributed by atoms with Gasteiger partial charge in [0.05, 0.1) is 11.4 Å². The quantitative estimate of drug-likeness (QED) is 0.621. The van der Waals surface area contributed by atoms with Crippen LogP contribution in [0.5, 0.6) is 0 Å². The van der Waals surface area contributed by atoms with Gasteiger partial charge in [-0.2, -0.15) is 0 Å². The van der Waals surface area contributed by atoms with E-state index in [1.165, 1.54) is 11.3 Å². The lowest BCUT2D eigenvalue weighted by molar-refractivity contribution is -0.124. The highest BCUT2D eigenvalue weighted by molar-refractivity contribution is 7.17. The standard InChI is InChI=1S/C20H27N3O3S/c1-4-6-9-15(5-2)12-22-17(24)13-26-20(25)18-14(3)23-19(27-18)16-10-7-8-11-21-16/h7-8,10-11,15H,4-6,9,12-13H2,1-3H3,(H,22,24)/t15-/m1/s1. The van der Waals surface area contributed by atoms with Crippen molar-refractivity contribution in [2.75, 3.05) is 13.2 Å². The molecule has 0 unspecified atom stereocenters. The second-order valence-electron chi connectivity index (χ2n) is 6.45. The molecule has 0 spiro atoms. The van der Waals surface area contributed by atoms with Gasteiger partial charge in [-0.25, -0.2) is 9.78 Å². The highest BCUT2D eigenvalue weighted by Gasteiger charge is 2.19. The normalized spacial score (nSPS) is 11.8. The van der Waals surface area contributed by atoms with Gasteiger partial charge in [0.25, 0.3) is 5.91 Å². The number of nitrogens with one attached hydrogen (secondary N) is 1. The minimum absolute atomic E-state index is 0.273. The number of nitrogens with zero attached hydrogens (tertiary/aromatic N) is 2. The predicted molar refractivity (Wildman–Crippen MR) is 107 cm³/mol. The number of hydrogen-bond donors (Lipinski definition) is 1. The molecule has 0 aliphatic rings. The van der Waals surface area contributed by atoms with Crippen LogP contribution in [-0.2, 0) is 9.53 Å². The number of aromatic nitrogens is 2. The molecule has 0 aromatic carbocycles. The van der Waals surface area contributed by atoms with E-state index < -0.39 is 5.97 Å². The molecule has 2 aromatic heterocycles. The van der Waals surface area contributed by atoms with Crippen molar-refractivity contribution in [1.29, 1.82) is 0 Å². The summed E-state index contributed by atoms with van der Waals surface area (Å²) in [6.45, 7) is 6.37. The summed E-state index contributed by atoms with van der Waals surface area (Å²) in [7, 11) is 0. The summed E-state index contributed by atoms with van der Waals surface area (Å²) >= 11 is 1.22. The van der Waals surface area contributed by atoms with E-state index in [4.69, 9.17) is 4.74 Å². The predicted octanol–water partition coefficient (Wildman–Crippen LogP) is 4.00. The smallest absolute Gasteiger partial charge is 0.350 e. The number of ether oxygens (including phenoxy) is 1. The third kappa shape index (κ3) is 6.43. The molecule has 146 valence electrons. The van der Waals surface area contributed by atoms with E-state index in [-0.39, 0.29) is 12.5 Å². The topological polar surface area (TPSA) is 81.2 Å². The molecule has 2 rings (SSSR count). The van der Waals surface area contributed by atoms with Crippen molar-refractivity contribution < 1.29 is 14.3 Å². The third-order valence-electron chi connectivity index (χ3n) is 4.33. The number of aryl methyl sites for hydroxylation is 1. The number of carbonyl (C=O) groups is 2. The molecule has 2 heterocycles. The van der Waals surface area contributed by atoms with Gasteiger partial charge in [-0.15, -0.1) is 11.3 Å². The lowest BCUT2D eigenvalue weighted by atomic mass is 9.99. The van der Waals surface area contributed by atoms with Crippen LogP contribution in [0.1, 0.15) is 54.9 Å². The number of amides is 1. The van der Waals surface area contributed by atoms with Gasteiger partial charge in [0.1, 0.15) is 9.88 Å². The fraction of sp³-hybridized carbons (Fsp3) is 0.500.